The number of primary amides is 1. The summed E-state index contributed by atoms with van der Waals surface area (Å²) >= 11 is 0. The zero-order valence-corrected chi connectivity index (χ0v) is 9.98. The lowest BCUT2D eigenvalue weighted by atomic mass is 10.1. The molecule has 0 aliphatic rings. The molecule has 1 aromatic carbocycles. The predicted octanol–water partition coefficient (Wildman–Crippen LogP) is 0.857. The Morgan fingerprint density at radius 2 is 1.94 bits per heavy atom. The molecule has 1 unspecified atom stereocenters. The lowest BCUT2D eigenvalue weighted by Crippen LogP contribution is -2.34. The van der Waals surface area contributed by atoms with Crippen molar-refractivity contribution in [3.8, 4) is 0 Å². The molecule has 0 fully saturated rings. The quantitative estimate of drug-likeness (QED) is 0.766. The normalized spacial score (nSPS) is 11.8. The second-order valence-electron chi connectivity index (χ2n) is 4.09. The van der Waals surface area contributed by atoms with Crippen LogP contribution < -0.4 is 11.1 Å². The van der Waals surface area contributed by atoms with Crippen LogP contribution in [0.1, 0.15) is 18.9 Å². The van der Waals surface area contributed by atoms with Gasteiger partial charge in [0.2, 0.25) is 11.8 Å². The summed E-state index contributed by atoms with van der Waals surface area (Å²) in [6.07, 6.45) is 1.13. The molecule has 0 aromatic heterocycles. The highest BCUT2D eigenvalue weighted by Crippen LogP contribution is 2.02. The minimum absolute atomic E-state index is 0.0537. The molecule has 0 heterocycles. The fraction of sp³-hybridized carbons (Fsp3) is 0.385. The molecule has 92 valence electrons. The van der Waals surface area contributed by atoms with Crippen LogP contribution in [0.25, 0.3) is 0 Å². The molecular formula is C13H18N2O2. The van der Waals surface area contributed by atoms with E-state index >= 15 is 0 Å². The topological polar surface area (TPSA) is 72.2 Å². The van der Waals surface area contributed by atoms with E-state index in [1.165, 1.54) is 0 Å². The molecule has 0 spiro atoms. The highest BCUT2D eigenvalue weighted by molar-refractivity contribution is 5.79. The van der Waals surface area contributed by atoms with Crippen molar-refractivity contribution >= 4 is 11.8 Å². The van der Waals surface area contributed by atoms with Crippen molar-refractivity contribution in [3.63, 3.8) is 0 Å². The Labute approximate surface area is 101 Å². The molecule has 1 aromatic rings. The number of benzene rings is 1. The van der Waals surface area contributed by atoms with Crippen LogP contribution in [0, 0.1) is 5.92 Å². The second kappa shape index (κ2) is 6.68. The molecule has 3 N–H and O–H groups in total. The van der Waals surface area contributed by atoms with Crippen molar-refractivity contribution in [2.45, 2.75) is 19.8 Å². The number of amides is 2. The standard InChI is InChI=1S/C13H18N2O2/c1-10(13(14)17)9-15-12(16)8-7-11-5-3-2-4-6-11/h2-6,10H,7-9H2,1H3,(H2,14,17)(H,15,16). The first-order valence-electron chi connectivity index (χ1n) is 5.69. The number of aryl methyl sites for hydroxylation is 1. The van der Waals surface area contributed by atoms with E-state index in [0.29, 0.717) is 19.4 Å². The lowest BCUT2D eigenvalue weighted by molar-refractivity contribution is -0.123. The van der Waals surface area contributed by atoms with Crippen molar-refractivity contribution < 1.29 is 9.59 Å². The smallest absolute Gasteiger partial charge is 0.222 e. The first-order chi connectivity index (χ1) is 8.09. The Hall–Kier alpha value is -1.84. The number of nitrogens with one attached hydrogen (secondary N) is 1. The molecule has 0 aliphatic heterocycles. The minimum atomic E-state index is -0.395. The van der Waals surface area contributed by atoms with Crippen LogP contribution >= 0.6 is 0 Å². The fourth-order valence-corrected chi connectivity index (χ4v) is 1.36. The van der Waals surface area contributed by atoms with Gasteiger partial charge in [-0.2, -0.15) is 0 Å². The minimum Gasteiger partial charge on any atom is -0.369 e. The van der Waals surface area contributed by atoms with Gasteiger partial charge in [-0.15, -0.1) is 0 Å². The highest BCUT2D eigenvalue weighted by atomic mass is 16.2. The molecular weight excluding hydrogens is 216 g/mol. The van der Waals surface area contributed by atoms with Crippen LogP contribution in [0.3, 0.4) is 0 Å². The third-order valence-electron chi connectivity index (χ3n) is 2.57. The van der Waals surface area contributed by atoms with E-state index in [0.717, 1.165) is 5.56 Å². The summed E-state index contributed by atoms with van der Waals surface area (Å²) in [4.78, 5) is 22.2. The van der Waals surface area contributed by atoms with Gasteiger partial charge in [0.15, 0.2) is 0 Å². The molecule has 2 amide bonds. The average molecular weight is 234 g/mol. The summed E-state index contributed by atoms with van der Waals surface area (Å²) in [6, 6.07) is 9.81. The molecule has 0 aliphatic carbocycles. The first kappa shape index (κ1) is 13.2. The van der Waals surface area contributed by atoms with Gasteiger partial charge >= 0.3 is 0 Å². The summed E-state index contributed by atoms with van der Waals surface area (Å²) in [5, 5.41) is 2.69. The monoisotopic (exact) mass is 234 g/mol. The van der Waals surface area contributed by atoms with Gasteiger partial charge in [-0.25, -0.2) is 0 Å². The predicted molar refractivity (Wildman–Crippen MR) is 66.1 cm³/mol. The van der Waals surface area contributed by atoms with Gasteiger partial charge in [0.1, 0.15) is 0 Å². The average Bonchev–Trinajstić information content (AvgIpc) is 2.34. The second-order valence-corrected chi connectivity index (χ2v) is 4.09. The maximum atomic E-state index is 11.5. The van der Waals surface area contributed by atoms with Gasteiger partial charge in [-0.05, 0) is 12.0 Å². The van der Waals surface area contributed by atoms with Gasteiger partial charge in [0, 0.05) is 13.0 Å². The highest BCUT2D eigenvalue weighted by Gasteiger charge is 2.10. The largest absolute Gasteiger partial charge is 0.369 e. The molecule has 0 radical (unpaired) electrons. The van der Waals surface area contributed by atoms with Gasteiger partial charge in [-0.1, -0.05) is 37.3 Å². The van der Waals surface area contributed by atoms with Crippen LogP contribution in [-0.2, 0) is 16.0 Å². The fourth-order valence-electron chi connectivity index (χ4n) is 1.36. The van der Waals surface area contributed by atoms with Gasteiger partial charge < -0.3 is 11.1 Å². The Balaban J connectivity index is 2.24. The van der Waals surface area contributed by atoms with Crippen LogP contribution in [0.2, 0.25) is 0 Å². The summed E-state index contributed by atoms with van der Waals surface area (Å²) < 4.78 is 0. The van der Waals surface area contributed by atoms with E-state index in [-0.39, 0.29) is 11.8 Å². The Morgan fingerprint density at radius 1 is 1.29 bits per heavy atom. The van der Waals surface area contributed by atoms with E-state index in [1.54, 1.807) is 6.92 Å². The van der Waals surface area contributed by atoms with E-state index in [2.05, 4.69) is 5.32 Å². The van der Waals surface area contributed by atoms with E-state index < -0.39 is 5.91 Å². The molecule has 17 heavy (non-hydrogen) atoms. The lowest BCUT2D eigenvalue weighted by Gasteiger charge is -2.09. The summed E-state index contributed by atoms with van der Waals surface area (Å²) in [5.74, 6) is -0.772. The third kappa shape index (κ3) is 5.15. The maximum Gasteiger partial charge on any atom is 0.222 e. The number of carbonyl (C=O) groups is 2. The number of nitrogens with two attached hydrogens (primary N) is 1. The van der Waals surface area contributed by atoms with Gasteiger partial charge in [-0.3, -0.25) is 9.59 Å². The van der Waals surface area contributed by atoms with Crippen LogP contribution in [0.4, 0.5) is 0 Å². The molecule has 0 saturated heterocycles. The molecule has 0 bridgehead atoms. The Bertz CT molecular complexity index is 376. The Morgan fingerprint density at radius 3 is 2.53 bits per heavy atom. The summed E-state index contributed by atoms with van der Waals surface area (Å²) in [5.41, 5.74) is 6.23. The van der Waals surface area contributed by atoms with Gasteiger partial charge in [0.25, 0.3) is 0 Å². The Kier molecular flexibility index (Phi) is 5.20. The zero-order valence-electron chi connectivity index (χ0n) is 9.98. The first-order valence-corrected chi connectivity index (χ1v) is 5.69. The SMILES string of the molecule is CC(CNC(=O)CCc1ccccc1)C(N)=O. The molecule has 4 heteroatoms. The van der Waals surface area contributed by atoms with Crippen molar-refractivity contribution in [2.24, 2.45) is 11.7 Å². The van der Waals surface area contributed by atoms with Crippen LogP contribution in [-0.4, -0.2) is 18.4 Å². The molecule has 1 rings (SSSR count). The third-order valence-corrected chi connectivity index (χ3v) is 2.57. The van der Waals surface area contributed by atoms with E-state index in [1.807, 2.05) is 30.3 Å². The number of carbonyl (C=O) groups excluding carboxylic acids is 2. The van der Waals surface area contributed by atoms with Crippen molar-refractivity contribution in [1.29, 1.82) is 0 Å². The van der Waals surface area contributed by atoms with Crippen molar-refractivity contribution in [3.05, 3.63) is 35.9 Å². The number of hydrogen-bond acceptors (Lipinski definition) is 2. The molecule has 4 nitrogen and oxygen atoms in total. The molecule has 1 atom stereocenters. The van der Waals surface area contributed by atoms with Crippen LogP contribution in [0.5, 0.6) is 0 Å². The van der Waals surface area contributed by atoms with Gasteiger partial charge in [0.05, 0.1) is 5.92 Å². The van der Waals surface area contributed by atoms with Crippen molar-refractivity contribution in [2.75, 3.05) is 6.54 Å². The maximum absolute atomic E-state index is 11.5. The van der Waals surface area contributed by atoms with E-state index in [9.17, 15) is 9.59 Å². The summed E-state index contributed by atoms with van der Waals surface area (Å²) in [7, 11) is 0. The van der Waals surface area contributed by atoms with Crippen molar-refractivity contribution in [1.82, 2.24) is 5.32 Å². The van der Waals surface area contributed by atoms with Crippen LogP contribution in [0.15, 0.2) is 30.3 Å². The number of hydrogen-bond donors (Lipinski definition) is 2. The molecule has 0 saturated carbocycles. The number of rotatable bonds is 6. The zero-order chi connectivity index (χ0) is 12.7. The summed E-state index contributed by atoms with van der Waals surface area (Å²) in [6.45, 7) is 2.00. The van der Waals surface area contributed by atoms with E-state index in [4.69, 9.17) is 5.73 Å².